The first kappa shape index (κ1) is 14.1. The van der Waals surface area contributed by atoms with Crippen molar-refractivity contribution in [2.75, 3.05) is 13.1 Å². The van der Waals surface area contributed by atoms with Crippen molar-refractivity contribution in [2.45, 2.75) is 57.1 Å². The smallest absolute Gasteiger partial charge is 0.0695 e. The molecule has 2 heteroatoms. The molecule has 0 radical (unpaired) electrons. The van der Waals surface area contributed by atoms with E-state index in [1.165, 1.54) is 31.2 Å². The van der Waals surface area contributed by atoms with Crippen molar-refractivity contribution in [3.63, 3.8) is 0 Å². The Morgan fingerprint density at radius 1 is 1.15 bits per heavy atom. The number of hydrogen-bond acceptors (Lipinski definition) is 2. The third-order valence-corrected chi connectivity index (χ3v) is 5.43. The van der Waals surface area contributed by atoms with Gasteiger partial charge in [0.25, 0.3) is 0 Å². The lowest BCUT2D eigenvalue weighted by atomic mass is 9.81. The first-order valence-corrected chi connectivity index (χ1v) is 8.25. The predicted molar refractivity (Wildman–Crippen MR) is 82.8 cm³/mol. The highest BCUT2D eigenvalue weighted by atomic mass is 16.3. The first-order chi connectivity index (χ1) is 9.78. The quantitative estimate of drug-likeness (QED) is 0.912. The number of aliphatic hydroxyl groups excluding tert-OH is 1. The molecule has 20 heavy (non-hydrogen) atoms. The first-order valence-electron chi connectivity index (χ1n) is 8.25. The second-order valence-electron chi connectivity index (χ2n) is 6.61. The Hall–Kier alpha value is -0.860. The van der Waals surface area contributed by atoms with Gasteiger partial charge in [0.05, 0.1) is 6.10 Å². The highest BCUT2D eigenvalue weighted by Crippen LogP contribution is 2.35. The Morgan fingerprint density at radius 2 is 1.95 bits per heavy atom. The summed E-state index contributed by atoms with van der Waals surface area (Å²) < 4.78 is 0. The van der Waals surface area contributed by atoms with Gasteiger partial charge in [-0.05, 0) is 49.6 Å². The summed E-state index contributed by atoms with van der Waals surface area (Å²) in [5.74, 6) is 1.48. The van der Waals surface area contributed by atoms with Crippen LogP contribution in [0, 0.1) is 5.92 Å². The summed E-state index contributed by atoms with van der Waals surface area (Å²) in [4.78, 5) is 2.56. The summed E-state index contributed by atoms with van der Waals surface area (Å²) in [6, 6.07) is 11.3. The topological polar surface area (TPSA) is 23.5 Å². The number of hydrogen-bond donors (Lipinski definition) is 1. The fraction of sp³-hybridized carbons (Fsp3) is 0.667. The monoisotopic (exact) mass is 273 g/mol. The van der Waals surface area contributed by atoms with Crippen molar-refractivity contribution in [1.82, 2.24) is 4.90 Å². The average molecular weight is 273 g/mol. The van der Waals surface area contributed by atoms with Gasteiger partial charge in [0.2, 0.25) is 0 Å². The van der Waals surface area contributed by atoms with E-state index in [1.54, 1.807) is 0 Å². The third-order valence-electron chi connectivity index (χ3n) is 5.43. The second-order valence-corrected chi connectivity index (χ2v) is 6.61. The minimum atomic E-state index is -0.104. The maximum absolute atomic E-state index is 10.4. The summed E-state index contributed by atoms with van der Waals surface area (Å²) in [6.45, 7) is 4.57. The summed E-state index contributed by atoms with van der Waals surface area (Å²) in [5.41, 5.74) is 1.47. The average Bonchev–Trinajstić information content (AvgIpc) is 2.98. The van der Waals surface area contributed by atoms with Crippen LogP contribution in [-0.4, -0.2) is 35.2 Å². The summed E-state index contributed by atoms with van der Waals surface area (Å²) in [6.07, 6.45) is 5.80. The van der Waals surface area contributed by atoms with Gasteiger partial charge in [0.1, 0.15) is 0 Å². The van der Waals surface area contributed by atoms with E-state index < -0.39 is 0 Å². The van der Waals surface area contributed by atoms with E-state index in [4.69, 9.17) is 0 Å². The van der Waals surface area contributed by atoms with Crippen molar-refractivity contribution in [3.05, 3.63) is 35.9 Å². The van der Waals surface area contributed by atoms with Crippen molar-refractivity contribution < 1.29 is 5.11 Å². The zero-order valence-electron chi connectivity index (χ0n) is 12.5. The van der Waals surface area contributed by atoms with Crippen LogP contribution in [0.25, 0.3) is 0 Å². The van der Waals surface area contributed by atoms with Gasteiger partial charge in [0.15, 0.2) is 0 Å². The van der Waals surface area contributed by atoms with Crippen LogP contribution in [0.3, 0.4) is 0 Å². The van der Waals surface area contributed by atoms with Gasteiger partial charge in [0, 0.05) is 12.6 Å². The van der Waals surface area contributed by atoms with E-state index in [0.717, 1.165) is 25.4 Å². The van der Waals surface area contributed by atoms with Crippen LogP contribution in [0.2, 0.25) is 0 Å². The molecule has 0 amide bonds. The SMILES string of the molecule is CCC1CCC(O)C(N2CCC(c3ccccc3)C2)C1. The molecule has 2 fully saturated rings. The van der Waals surface area contributed by atoms with Crippen LogP contribution in [0.1, 0.15) is 50.5 Å². The van der Waals surface area contributed by atoms with Gasteiger partial charge in [-0.15, -0.1) is 0 Å². The molecule has 0 spiro atoms. The molecule has 3 rings (SSSR count). The number of nitrogens with zero attached hydrogens (tertiary/aromatic N) is 1. The molecule has 1 aromatic carbocycles. The van der Waals surface area contributed by atoms with Gasteiger partial charge in [-0.2, -0.15) is 0 Å². The molecule has 1 saturated heterocycles. The Kier molecular flexibility index (Phi) is 4.42. The number of aliphatic hydroxyl groups is 1. The molecule has 110 valence electrons. The van der Waals surface area contributed by atoms with Crippen LogP contribution < -0.4 is 0 Å². The molecule has 1 aliphatic carbocycles. The van der Waals surface area contributed by atoms with Crippen molar-refractivity contribution >= 4 is 0 Å². The van der Waals surface area contributed by atoms with Crippen LogP contribution in [-0.2, 0) is 0 Å². The Balaban J connectivity index is 1.64. The Bertz CT molecular complexity index is 419. The van der Waals surface area contributed by atoms with Crippen LogP contribution in [0.5, 0.6) is 0 Å². The van der Waals surface area contributed by atoms with Crippen LogP contribution >= 0.6 is 0 Å². The van der Waals surface area contributed by atoms with E-state index in [1.807, 2.05) is 0 Å². The number of likely N-dealkylation sites (tertiary alicyclic amines) is 1. The van der Waals surface area contributed by atoms with Gasteiger partial charge in [-0.1, -0.05) is 43.7 Å². The summed E-state index contributed by atoms with van der Waals surface area (Å²) >= 11 is 0. The van der Waals surface area contributed by atoms with Crippen molar-refractivity contribution in [3.8, 4) is 0 Å². The lowest BCUT2D eigenvalue weighted by Gasteiger charge is -2.38. The highest BCUT2D eigenvalue weighted by molar-refractivity contribution is 5.21. The molecule has 4 unspecified atom stereocenters. The lowest BCUT2D eigenvalue weighted by Crippen LogP contribution is -2.46. The third kappa shape index (κ3) is 2.91. The molecular formula is C18H27NO. The standard InChI is InChI=1S/C18H27NO/c1-2-14-8-9-18(20)17(12-14)19-11-10-16(13-19)15-6-4-3-5-7-15/h3-7,14,16-18,20H,2,8-13H2,1H3. The minimum Gasteiger partial charge on any atom is -0.391 e. The molecule has 2 nitrogen and oxygen atoms in total. The van der Waals surface area contributed by atoms with Crippen LogP contribution in [0.4, 0.5) is 0 Å². The van der Waals surface area contributed by atoms with E-state index in [2.05, 4.69) is 42.2 Å². The summed E-state index contributed by atoms with van der Waals surface area (Å²) in [5, 5.41) is 10.4. The Morgan fingerprint density at radius 3 is 2.70 bits per heavy atom. The van der Waals surface area contributed by atoms with Gasteiger partial charge in [-0.3, -0.25) is 4.90 Å². The molecule has 2 aliphatic rings. The molecule has 4 atom stereocenters. The van der Waals surface area contributed by atoms with Crippen molar-refractivity contribution in [1.29, 1.82) is 0 Å². The zero-order valence-corrected chi connectivity index (χ0v) is 12.5. The van der Waals surface area contributed by atoms with E-state index in [9.17, 15) is 5.11 Å². The van der Waals surface area contributed by atoms with Gasteiger partial charge >= 0.3 is 0 Å². The number of benzene rings is 1. The molecule has 1 aliphatic heterocycles. The zero-order chi connectivity index (χ0) is 13.9. The fourth-order valence-electron chi connectivity index (χ4n) is 4.06. The minimum absolute atomic E-state index is 0.104. The molecule has 1 N–H and O–H groups in total. The molecule has 1 aromatic rings. The maximum Gasteiger partial charge on any atom is 0.0695 e. The molecule has 0 bridgehead atoms. The molecule has 0 aromatic heterocycles. The number of rotatable bonds is 3. The predicted octanol–water partition coefficient (Wildman–Crippen LogP) is 3.42. The molecule has 1 saturated carbocycles. The molecule has 1 heterocycles. The maximum atomic E-state index is 10.4. The normalized spacial score (nSPS) is 35.3. The largest absolute Gasteiger partial charge is 0.391 e. The van der Waals surface area contributed by atoms with Crippen LogP contribution in [0.15, 0.2) is 30.3 Å². The summed E-state index contributed by atoms with van der Waals surface area (Å²) in [7, 11) is 0. The van der Waals surface area contributed by atoms with Gasteiger partial charge in [-0.25, -0.2) is 0 Å². The van der Waals surface area contributed by atoms with E-state index in [0.29, 0.717) is 12.0 Å². The van der Waals surface area contributed by atoms with E-state index >= 15 is 0 Å². The Labute approximate surface area is 122 Å². The highest BCUT2D eigenvalue weighted by Gasteiger charge is 2.36. The fourth-order valence-corrected chi connectivity index (χ4v) is 4.06. The second kappa shape index (κ2) is 6.28. The van der Waals surface area contributed by atoms with Gasteiger partial charge < -0.3 is 5.11 Å². The lowest BCUT2D eigenvalue weighted by molar-refractivity contribution is 0.0121. The van der Waals surface area contributed by atoms with Crippen molar-refractivity contribution in [2.24, 2.45) is 5.92 Å². The molecular weight excluding hydrogens is 246 g/mol. The van der Waals surface area contributed by atoms with E-state index in [-0.39, 0.29) is 6.10 Å².